The second kappa shape index (κ2) is 6.92. The van der Waals surface area contributed by atoms with Crippen LogP contribution in [0, 0.1) is 0 Å². The average Bonchev–Trinajstić information content (AvgIpc) is 2.70. The molecule has 0 aliphatic heterocycles. The largest absolute Gasteiger partial charge is 0.320 e. The Morgan fingerprint density at radius 3 is 3.00 bits per heavy atom. The predicted molar refractivity (Wildman–Crippen MR) is 61.9 cm³/mol. The van der Waals surface area contributed by atoms with Gasteiger partial charge >= 0.3 is 0 Å². The van der Waals surface area contributed by atoms with Crippen LogP contribution in [-0.2, 0) is 0 Å². The Morgan fingerprint density at radius 2 is 2.36 bits per heavy atom. The molecule has 0 aliphatic rings. The molecule has 1 aromatic heterocycles. The summed E-state index contributed by atoms with van der Waals surface area (Å²) >= 11 is 1.74. The van der Waals surface area contributed by atoms with Crippen LogP contribution in [0.3, 0.4) is 0 Å². The molecule has 14 heavy (non-hydrogen) atoms. The molecule has 0 spiro atoms. The second-order valence-electron chi connectivity index (χ2n) is 3.43. The van der Waals surface area contributed by atoms with Gasteiger partial charge in [0.1, 0.15) is 0 Å². The molecule has 0 fully saturated rings. The highest BCUT2D eigenvalue weighted by Crippen LogP contribution is 2.15. The molecule has 0 aliphatic carbocycles. The Hall–Kier alpha value is -0.450. The maximum absolute atomic E-state index is 4.30. The van der Waals surface area contributed by atoms with Gasteiger partial charge in [-0.15, -0.1) is 11.3 Å². The summed E-state index contributed by atoms with van der Waals surface area (Å²) in [7, 11) is 1.98. The minimum absolute atomic E-state index is 0.532. The third-order valence-electron chi connectivity index (χ3n) is 2.10. The zero-order chi connectivity index (χ0) is 10.2. The first kappa shape index (κ1) is 11.6. The van der Waals surface area contributed by atoms with Crippen molar-refractivity contribution in [2.45, 2.75) is 19.3 Å². The Bertz CT molecular complexity index is 223. The number of rotatable bonds is 7. The van der Waals surface area contributed by atoms with Crippen molar-refractivity contribution in [2.75, 3.05) is 26.7 Å². The van der Waals surface area contributed by atoms with Crippen molar-refractivity contribution >= 4 is 11.3 Å². The second-order valence-corrected chi connectivity index (χ2v) is 4.36. The quantitative estimate of drug-likeness (QED) is 0.673. The van der Waals surface area contributed by atoms with E-state index in [1.54, 1.807) is 11.3 Å². The summed E-state index contributed by atoms with van der Waals surface area (Å²) in [5.41, 5.74) is 0. The van der Waals surface area contributed by atoms with Gasteiger partial charge in [0.2, 0.25) is 0 Å². The molecule has 1 aromatic rings. The monoisotopic (exact) mass is 213 g/mol. The molecule has 0 saturated heterocycles. The van der Waals surface area contributed by atoms with Crippen LogP contribution in [-0.4, -0.2) is 31.7 Å². The Balaban J connectivity index is 2.07. The lowest BCUT2D eigenvalue weighted by atomic mass is 10.2. The van der Waals surface area contributed by atoms with Crippen LogP contribution in [0.4, 0.5) is 0 Å². The molecular formula is C10H19N3S. The summed E-state index contributed by atoms with van der Waals surface area (Å²) in [6, 6.07) is 0. The summed E-state index contributed by atoms with van der Waals surface area (Å²) in [5.74, 6) is 0.532. The molecular weight excluding hydrogens is 194 g/mol. The Morgan fingerprint density at radius 1 is 1.50 bits per heavy atom. The van der Waals surface area contributed by atoms with Crippen LogP contribution in [0.15, 0.2) is 11.6 Å². The van der Waals surface area contributed by atoms with Crippen LogP contribution < -0.4 is 10.6 Å². The molecule has 80 valence electrons. The Kier molecular flexibility index (Phi) is 5.75. The molecule has 3 nitrogen and oxygen atoms in total. The van der Waals surface area contributed by atoms with Gasteiger partial charge in [-0.3, -0.25) is 0 Å². The van der Waals surface area contributed by atoms with E-state index in [4.69, 9.17) is 0 Å². The van der Waals surface area contributed by atoms with Crippen molar-refractivity contribution < 1.29 is 0 Å². The molecule has 0 bridgehead atoms. The molecule has 1 rings (SSSR count). The minimum Gasteiger partial charge on any atom is -0.320 e. The molecule has 4 heteroatoms. The van der Waals surface area contributed by atoms with Gasteiger partial charge in [-0.25, -0.2) is 4.98 Å². The van der Waals surface area contributed by atoms with Crippen molar-refractivity contribution in [3.8, 4) is 0 Å². The summed E-state index contributed by atoms with van der Waals surface area (Å²) in [6.07, 6.45) is 3.05. The van der Waals surface area contributed by atoms with Gasteiger partial charge in [0.05, 0.1) is 5.01 Å². The topological polar surface area (TPSA) is 37.0 Å². The molecule has 1 unspecified atom stereocenters. The third-order valence-corrected chi connectivity index (χ3v) is 3.11. The lowest BCUT2D eigenvalue weighted by molar-refractivity contribution is 0.583. The fourth-order valence-electron chi connectivity index (χ4n) is 1.27. The van der Waals surface area contributed by atoms with E-state index in [1.165, 1.54) is 11.4 Å². The van der Waals surface area contributed by atoms with Crippen molar-refractivity contribution in [1.82, 2.24) is 15.6 Å². The van der Waals surface area contributed by atoms with E-state index in [1.807, 2.05) is 18.6 Å². The van der Waals surface area contributed by atoms with E-state index in [0.29, 0.717) is 5.92 Å². The van der Waals surface area contributed by atoms with Crippen LogP contribution in [0.25, 0.3) is 0 Å². The fourth-order valence-corrected chi connectivity index (χ4v) is 1.97. The van der Waals surface area contributed by atoms with Gasteiger partial charge in [0.25, 0.3) is 0 Å². The summed E-state index contributed by atoms with van der Waals surface area (Å²) in [6.45, 7) is 5.40. The smallest absolute Gasteiger partial charge is 0.0965 e. The number of hydrogen-bond donors (Lipinski definition) is 2. The van der Waals surface area contributed by atoms with Gasteiger partial charge in [-0.05, 0) is 26.6 Å². The van der Waals surface area contributed by atoms with E-state index >= 15 is 0 Å². The van der Waals surface area contributed by atoms with Crippen molar-refractivity contribution in [3.05, 3.63) is 16.6 Å². The standard InChI is InChI=1S/C10H19N3S/c1-9(10-13-6-7-14-10)8-12-5-3-4-11-2/h6-7,9,11-12H,3-5,8H2,1-2H3. The molecule has 0 saturated carbocycles. The van der Waals surface area contributed by atoms with Crippen molar-refractivity contribution in [1.29, 1.82) is 0 Å². The van der Waals surface area contributed by atoms with Gasteiger partial charge in [0, 0.05) is 24.0 Å². The van der Waals surface area contributed by atoms with Crippen LogP contribution in [0.5, 0.6) is 0 Å². The van der Waals surface area contributed by atoms with Crippen molar-refractivity contribution in [2.24, 2.45) is 0 Å². The van der Waals surface area contributed by atoms with Crippen LogP contribution >= 0.6 is 11.3 Å². The highest BCUT2D eigenvalue weighted by Gasteiger charge is 2.06. The van der Waals surface area contributed by atoms with Gasteiger partial charge in [-0.1, -0.05) is 6.92 Å². The van der Waals surface area contributed by atoms with E-state index < -0.39 is 0 Å². The highest BCUT2D eigenvalue weighted by atomic mass is 32.1. The minimum atomic E-state index is 0.532. The summed E-state index contributed by atoms with van der Waals surface area (Å²) in [5, 5.41) is 9.83. The lowest BCUT2D eigenvalue weighted by Gasteiger charge is -2.09. The maximum atomic E-state index is 4.30. The molecule has 2 N–H and O–H groups in total. The van der Waals surface area contributed by atoms with Crippen LogP contribution in [0.2, 0.25) is 0 Å². The number of aromatic nitrogens is 1. The summed E-state index contributed by atoms with van der Waals surface area (Å²) < 4.78 is 0. The fraction of sp³-hybridized carbons (Fsp3) is 0.700. The highest BCUT2D eigenvalue weighted by molar-refractivity contribution is 7.09. The first-order valence-electron chi connectivity index (χ1n) is 5.09. The van der Waals surface area contributed by atoms with E-state index in [-0.39, 0.29) is 0 Å². The number of hydrogen-bond acceptors (Lipinski definition) is 4. The molecule has 1 heterocycles. The zero-order valence-corrected chi connectivity index (χ0v) is 9.73. The predicted octanol–water partition coefficient (Wildman–Crippen LogP) is 1.45. The number of thiazole rings is 1. The van der Waals surface area contributed by atoms with Crippen molar-refractivity contribution in [3.63, 3.8) is 0 Å². The number of nitrogens with zero attached hydrogens (tertiary/aromatic N) is 1. The van der Waals surface area contributed by atoms with E-state index in [2.05, 4.69) is 22.5 Å². The third kappa shape index (κ3) is 4.17. The molecule has 0 radical (unpaired) electrons. The SMILES string of the molecule is CNCCCNCC(C)c1nccs1. The summed E-state index contributed by atoms with van der Waals surface area (Å²) in [4.78, 5) is 4.30. The maximum Gasteiger partial charge on any atom is 0.0965 e. The molecule has 0 amide bonds. The van der Waals surface area contributed by atoms with Gasteiger partial charge in [-0.2, -0.15) is 0 Å². The van der Waals surface area contributed by atoms with Gasteiger partial charge < -0.3 is 10.6 Å². The lowest BCUT2D eigenvalue weighted by Crippen LogP contribution is -2.23. The molecule has 1 atom stereocenters. The van der Waals surface area contributed by atoms with Gasteiger partial charge in [0.15, 0.2) is 0 Å². The average molecular weight is 213 g/mol. The van der Waals surface area contributed by atoms with E-state index in [9.17, 15) is 0 Å². The van der Waals surface area contributed by atoms with Crippen LogP contribution in [0.1, 0.15) is 24.3 Å². The zero-order valence-electron chi connectivity index (χ0n) is 8.92. The normalized spacial score (nSPS) is 13.0. The first-order valence-corrected chi connectivity index (χ1v) is 5.97. The first-order chi connectivity index (χ1) is 6.84. The molecule has 0 aromatic carbocycles. The van der Waals surface area contributed by atoms with E-state index in [0.717, 1.165) is 19.6 Å². The Labute approximate surface area is 89.9 Å². The number of nitrogens with one attached hydrogen (secondary N) is 2.